The highest BCUT2D eigenvalue weighted by atomic mass is 15.2. The fourth-order valence-electron chi connectivity index (χ4n) is 1.26. The minimum absolute atomic E-state index is 0.523. The van der Waals surface area contributed by atoms with Crippen molar-refractivity contribution < 1.29 is 0 Å². The highest BCUT2D eigenvalue weighted by Crippen LogP contribution is 2.15. The molecule has 14 heavy (non-hydrogen) atoms. The number of nitrogens with one attached hydrogen (secondary N) is 1. The van der Waals surface area contributed by atoms with E-state index in [1.807, 2.05) is 25.2 Å². The van der Waals surface area contributed by atoms with Crippen LogP contribution < -0.4 is 10.2 Å². The first-order valence-electron chi connectivity index (χ1n) is 5.06. The first kappa shape index (κ1) is 10.8. The van der Waals surface area contributed by atoms with Crippen LogP contribution in [-0.4, -0.2) is 25.1 Å². The molecule has 1 aromatic heterocycles. The van der Waals surface area contributed by atoms with Gasteiger partial charge >= 0.3 is 0 Å². The van der Waals surface area contributed by atoms with Crippen molar-refractivity contribution in [3.05, 3.63) is 18.2 Å². The smallest absolute Gasteiger partial charge is 0.130 e. The van der Waals surface area contributed by atoms with Gasteiger partial charge in [-0.15, -0.1) is 0 Å². The van der Waals surface area contributed by atoms with Gasteiger partial charge in [-0.1, -0.05) is 13.0 Å². The third kappa shape index (κ3) is 2.37. The van der Waals surface area contributed by atoms with E-state index < -0.39 is 0 Å². The minimum atomic E-state index is 0.523. The second-order valence-electron chi connectivity index (χ2n) is 3.50. The lowest BCUT2D eigenvalue weighted by atomic mass is 10.2. The third-order valence-corrected chi connectivity index (χ3v) is 2.60. The van der Waals surface area contributed by atoms with Crippen molar-refractivity contribution in [2.45, 2.75) is 26.3 Å². The molecule has 0 saturated carbocycles. The monoisotopic (exact) mass is 193 g/mol. The molecule has 0 spiro atoms. The molecule has 1 atom stereocenters. The summed E-state index contributed by atoms with van der Waals surface area (Å²) in [5, 5.41) is 3.04. The number of hydrogen-bond donors (Lipinski definition) is 1. The van der Waals surface area contributed by atoms with E-state index in [1.54, 1.807) is 0 Å². The summed E-state index contributed by atoms with van der Waals surface area (Å²) in [7, 11) is 3.96. The maximum atomic E-state index is 4.47. The molecule has 1 unspecified atom stereocenters. The highest BCUT2D eigenvalue weighted by molar-refractivity contribution is 5.46. The van der Waals surface area contributed by atoms with Crippen LogP contribution in [0.25, 0.3) is 0 Å². The fourth-order valence-corrected chi connectivity index (χ4v) is 1.26. The van der Waals surface area contributed by atoms with E-state index in [0.29, 0.717) is 6.04 Å². The van der Waals surface area contributed by atoms with Crippen LogP contribution >= 0.6 is 0 Å². The van der Waals surface area contributed by atoms with Crippen LogP contribution in [0.15, 0.2) is 18.2 Å². The second kappa shape index (κ2) is 4.84. The fraction of sp³-hybridized carbons (Fsp3) is 0.545. The van der Waals surface area contributed by atoms with Gasteiger partial charge < -0.3 is 10.2 Å². The largest absolute Gasteiger partial charge is 0.373 e. The molecule has 0 radical (unpaired) electrons. The Bertz CT molecular complexity index is 286. The predicted octanol–water partition coefficient (Wildman–Crippen LogP) is 2.36. The number of rotatable bonds is 4. The lowest BCUT2D eigenvalue weighted by Gasteiger charge is -2.25. The van der Waals surface area contributed by atoms with Crippen molar-refractivity contribution in [1.29, 1.82) is 0 Å². The van der Waals surface area contributed by atoms with Crippen LogP contribution in [-0.2, 0) is 0 Å². The van der Waals surface area contributed by atoms with Crippen molar-refractivity contribution >= 4 is 11.6 Å². The van der Waals surface area contributed by atoms with Gasteiger partial charge in [0.2, 0.25) is 0 Å². The van der Waals surface area contributed by atoms with Gasteiger partial charge in [-0.2, -0.15) is 0 Å². The van der Waals surface area contributed by atoms with E-state index in [9.17, 15) is 0 Å². The molecule has 0 aromatic carbocycles. The molecule has 0 aliphatic carbocycles. The van der Waals surface area contributed by atoms with Crippen molar-refractivity contribution in [2.24, 2.45) is 0 Å². The Kier molecular flexibility index (Phi) is 3.74. The number of anilines is 2. The molecular formula is C11H19N3. The zero-order valence-corrected chi connectivity index (χ0v) is 9.41. The Hall–Kier alpha value is -1.25. The Morgan fingerprint density at radius 1 is 1.50 bits per heavy atom. The zero-order chi connectivity index (χ0) is 10.6. The van der Waals surface area contributed by atoms with Gasteiger partial charge in [-0.25, -0.2) is 4.98 Å². The molecule has 0 amide bonds. The molecule has 0 bridgehead atoms. The Labute approximate surface area is 86.2 Å². The van der Waals surface area contributed by atoms with E-state index in [0.717, 1.165) is 18.1 Å². The molecule has 0 fully saturated rings. The molecule has 3 heteroatoms. The molecule has 0 aliphatic heterocycles. The highest BCUT2D eigenvalue weighted by Gasteiger charge is 2.08. The number of aromatic nitrogens is 1. The van der Waals surface area contributed by atoms with E-state index in [2.05, 4.69) is 36.1 Å². The summed E-state index contributed by atoms with van der Waals surface area (Å²) in [6.45, 7) is 4.39. The van der Waals surface area contributed by atoms with Gasteiger partial charge in [0.1, 0.15) is 11.6 Å². The van der Waals surface area contributed by atoms with Gasteiger partial charge in [0.15, 0.2) is 0 Å². The van der Waals surface area contributed by atoms with Crippen LogP contribution in [0, 0.1) is 0 Å². The van der Waals surface area contributed by atoms with Crippen LogP contribution in [0.1, 0.15) is 20.3 Å². The van der Waals surface area contributed by atoms with E-state index in [4.69, 9.17) is 0 Å². The van der Waals surface area contributed by atoms with Gasteiger partial charge in [0.05, 0.1) is 0 Å². The van der Waals surface area contributed by atoms with Crippen LogP contribution in [0.4, 0.5) is 11.6 Å². The van der Waals surface area contributed by atoms with E-state index >= 15 is 0 Å². The summed E-state index contributed by atoms with van der Waals surface area (Å²) in [5.41, 5.74) is 0. The van der Waals surface area contributed by atoms with Crippen molar-refractivity contribution in [2.75, 3.05) is 24.3 Å². The summed E-state index contributed by atoms with van der Waals surface area (Å²) in [5.74, 6) is 1.93. The molecule has 1 aromatic rings. The number of nitrogens with zero attached hydrogens (tertiary/aromatic N) is 2. The van der Waals surface area contributed by atoms with Crippen molar-refractivity contribution in [1.82, 2.24) is 4.98 Å². The minimum Gasteiger partial charge on any atom is -0.373 e. The standard InChI is InChI=1S/C11H19N3/c1-5-9(2)14(4)11-8-6-7-10(12-3)13-11/h6-9H,5H2,1-4H3,(H,12,13). The lowest BCUT2D eigenvalue weighted by molar-refractivity contribution is 0.657. The first-order valence-corrected chi connectivity index (χ1v) is 5.06. The van der Waals surface area contributed by atoms with Crippen LogP contribution in [0.3, 0.4) is 0 Å². The van der Waals surface area contributed by atoms with Gasteiger partial charge in [-0.05, 0) is 25.5 Å². The number of hydrogen-bond acceptors (Lipinski definition) is 3. The molecule has 1 heterocycles. The molecular weight excluding hydrogens is 174 g/mol. The van der Waals surface area contributed by atoms with Crippen molar-refractivity contribution in [3.8, 4) is 0 Å². The van der Waals surface area contributed by atoms with Gasteiger partial charge in [0.25, 0.3) is 0 Å². The topological polar surface area (TPSA) is 28.2 Å². The summed E-state index contributed by atoms with van der Waals surface area (Å²) in [4.78, 5) is 6.67. The van der Waals surface area contributed by atoms with Gasteiger partial charge in [-0.3, -0.25) is 0 Å². The molecule has 1 rings (SSSR count). The molecule has 1 N–H and O–H groups in total. The summed E-state index contributed by atoms with van der Waals surface area (Å²) in [6.07, 6.45) is 1.13. The summed E-state index contributed by atoms with van der Waals surface area (Å²) in [6, 6.07) is 6.54. The van der Waals surface area contributed by atoms with Crippen molar-refractivity contribution in [3.63, 3.8) is 0 Å². The van der Waals surface area contributed by atoms with Gasteiger partial charge in [0, 0.05) is 20.1 Å². The van der Waals surface area contributed by atoms with Crippen LogP contribution in [0.5, 0.6) is 0 Å². The average Bonchev–Trinajstić information content (AvgIpc) is 2.27. The normalized spacial score (nSPS) is 12.3. The van der Waals surface area contributed by atoms with E-state index in [-0.39, 0.29) is 0 Å². The maximum Gasteiger partial charge on any atom is 0.130 e. The average molecular weight is 193 g/mol. The molecule has 3 nitrogen and oxygen atoms in total. The van der Waals surface area contributed by atoms with Crippen LogP contribution in [0.2, 0.25) is 0 Å². The SMILES string of the molecule is CCC(C)N(C)c1cccc(NC)n1. The molecule has 78 valence electrons. The first-order chi connectivity index (χ1) is 6.69. The maximum absolute atomic E-state index is 4.47. The summed E-state index contributed by atoms with van der Waals surface area (Å²) >= 11 is 0. The predicted molar refractivity (Wildman–Crippen MR) is 61.9 cm³/mol. The zero-order valence-electron chi connectivity index (χ0n) is 9.41. The summed E-state index contributed by atoms with van der Waals surface area (Å²) < 4.78 is 0. The molecule has 0 aliphatic rings. The Morgan fingerprint density at radius 3 is 2.79 bits per heavy atom. The Morgan fingerprint density at radius 2 is 2.21 bits per heavy atom. The van der Waals surface area contributed by atoms with E-state index in [1.165, 1.54) is 0 Å². The Balaban J connectivity index is 2.83. The quantitative estimate of drug-likeness (QED) is 0.795. The third-order valence-electron chi connectivity index (χ3n) is 2.60. The molecule has 0 saturated heterocycles. The second-order valence-corrected chi connectivity index (χ2v) is 3.50. The lowest BCUT2D eigenvalue weighted by Crippen LogP contribution is -2.28. The number of pyridine rings is 1.